The first kappa shape index (κ1) is 15.8. The topological polar surface area (TPSA) is 54.9 Å². The van der Waals surface area contributed by atoms with Gasteiger partial charge in [0, 0.05) is 6.20 Å². The molecule has 4 nitrogen and oxygen atoms in total. The van der Waals surface area contributed by atoms with Gasteiger partial charge in [-0.3, -0.25) is 10.1 Å². The molecule has 0 spiro atoms. The Balaban J connectivity index is 1.86. The van der Waals surface area contributed by atoms with Gasteiger partial charge in [0.15, 0.2) is 5.13 Å². The number of thioether (sulfide) groups is 1. The minimum absolute atomic E-state index is 0.00282. The van der Waals surface area contributed by atoms with Gasteiger partial charge >= 0.3 is 0 Å². The normalized spacial score (nSPS) is 11.1. The lowest BCUT2D eigenvalue weighted by atomic mass is 10.2. The second-order valence-corrected chi connectivity index (χ2v) is 6.69. The van der Waals surface area contributed by atoms with Crippen LogP contribution in [0.5, 0.6) is 0 Å². The van der Waals surface area contributed by atoms with E-state index in [1.165, 1.54) is 29.7 Å². The van der Waals surface area contributed by atoms with Gasteiger partial charge in [-0.25, -0.2) is 9.97 Å². The molecule has 8 heteroatoms. The van der Waals surface area contributed by atoms with Crippen molar-refractivity contribution in [1.82, 2.24) is 9.97 Å². The molecule has 1 N–H and O–H groups in total. The molecule has 0 saturated heterocycles. The van der Waals surface area contributed by atoms with Crippen molar-refractivity contribution in [2.75, 3.05) is 5.32 Å². The van der Waals surface area contributed by atoms with Crippen molar-refractivity contribution in [2.24, 2.45) is 0 Å². The smallest absolute Gasteiger partial charge is 0.290 e. The lowest BCUT2D eigenvalue weighted by molar-refractivity contribution is 0.102. The van der Waals surface area contributed by atoms with Crippen molar-refractivity contribution in [3.63, 3.8) is 0 Å². The van der Waals surface area contributed by atoms with E-state index < -0.39 is 11.7 Å². The number of alkyl halides is 2. The zero-order valence-electron chi connectivity index (χ0n) is 11.9. The van der Waals surface area contributed by atoms with E-state index in [1.807, 2.05) is 25.1 Å². The lowest BCUT2D eigenvalue weighted by Gasteiger charge is -2.06. The van der Waals surface area contributed by atoms with Crippen LogP contribution in [0.4, 0.5) is 13.9 Å². The first-order valence-electron chi connectivity index (χ1n) is 6.61. The van der Waals surface area contributed by atoms with Gasteiger partial charge in [0.25, 0.3) is 11.7 Å². The van der Waals surface area contributed by atoms with Crippen LogP contribution in [0.15, 0.2) is 41.6 Å². The predicted molar refractivity (Wildman–Crippen MR) is 88.4 cm³/mol. The molecule has 0 unspecified atom stereocenters. The number of carbonyl (C=O) groups excluding carboxylic acids is 1. The van der Waals surface area contributed by atoms with E-state index in [0.717, 1.165) is 15.8 Å². The molecule has 0 atom stereocenters. The molecule has 0 bridgehead atoms. The first-order valence-corrected chi connectivity index (χ1v) is 8.31. The van der Waals surface area contributed by atoms with E-state index in [-0.39, 0.29) is 22.4 Å². The highest BCUT2D eigenvalue weighted by Gasteiger charge is 2.18. The fourth-order valence-corrected chi connectivity index (χ4v) is 3.53. The molecule has 0 fully saturated rings. The number of nitrogens with one attached hydrogen (secondary N) is 1. The SMILES string of the molecule is Cc1ccc2nc(NC(=O)c3cccnc3SC(F)F)sc2c1. The molecule has 1 amide bonds. The number of benzene rings is 1. The second-order valence-electron chi connectivity index (χ2n) is 4.68. The fourth-order valence-electron chi connectivity index (χ4n) is 1.99. The van der Waals surface area contributed by atoms with Crippen LogP contribution in [0, 0.1) is 6.92 Å². The van der Waals surface area contributed by atoms with Crippen molar-refractivity contribution in [2.45, 2.75) is 17.7 Å². The maximum atomic E-state index is 12.5. The van der Waals surface area contributed by atoms with Crippen molar-refractivity contribution in [3.8, 4) is 0 Å². The molecule has 1 aromatic carbocycles. The fraction of sp³-hybridized carbons (Fsp3) is 0.133. The van der Waals surface area contributed by atoms with Gasteiger partial charge in [-0.15, -0.1) is 0 Å². The summed E-state index contributed by atoms with van der Waals surface area (Å²) in [5, 5.41) is 3.07. The van der Waals surface area contributed by atoms with Crippen LogP contribution in [-0.2, 0) is 0 Å². The van der Waals surface area contributed by atoms with Crippen LogP contribution in [0.1, 0.15) is 15.9 Å². The largest absolute Gasteiger partial charge is 0.298 e. The molecule has 0 radical (unpaired) electrons. The molecule has 23 heavy (non-hydrogen) atoms. The molecule has 0 aliphatic carbocycles. The van der Waals surface area contributed by atoms with Crippen molar-refractivity contribution in [3.05, 3.63) is 47.7 Å². The number of pyridine rings is 1. The molecule has 0 aliphatic heterocycles. The predicted octanol–water partition coefficient (Wildman–Crippen LogP) is 4.57. The van der Waals surface area contributed by atoms with Gasteiger partial charge in [-0.05, 0) is 48.5 Å². The Labute approximate surface area is 139 Å². The molecule has 2 aromatic heterocycles. The Morgan fingerprint density at radius 1 is 1.35 bits per heavy atom. The maximum absolute atomic E-state index is 12.5. The van der Waals surface area contributed by atoms with Gasteiger partial charge in [0.1, 0.15) is 5.03 Å². The third-order valence-corrected chi connectivity index (χ3v) is 4.64. The van der Waals surface area contributed by atoms with Crippen LogP contribution in [0.3, 0.4) is 0 Å². The minimum Gasteiger partial charge on any atom is -0.298 e. The lowest BCUT2D eigenvalue weighted by Crippen LogP contribution is -2.13. The molecule has 0 saturated carbocycles. The quantitative estimate of drug-likeness (QED) is 0.700. The number of halogens is 2. The highest BCUT2D eigenvalue weighted by molar-refractivity contribution is 7.99. The average molecular weight is 351 g/mol. The summed E-state index contributed by atoms with van der Waals surface area (Å²) in [4.78, 5) is 20.5. The van der Waals surface area contributed by atoms with Crippen LogP contribution < -0.4 is 5.32 Å². The number of amides is 1. The second kappa shape index (κ2) is 6.59. The molecule has 3 aromatic rings. The summed E-state index contributed by atoms with van der Waals surface area (Å²) < 4.78 is 26.1. The molecule has 118 valence electrons. The Morgan fingerprint density at radius 2 is 2.17 bits per heavy atom. The summed E-state index contributed by atoms with van der Waals surface area (Å²) in [6.07, 6.45) is 1.38. The number of nitrogens with zero attached hydrogens (tertiary/aromatic N) is 2. The number of aryl methyl sites for hydroxylation is 1. The Morgan fingerprint density at radius 3 is 2.96 bits per heavy atom. The van der Waals surface area contributed by atoms with Crippen LogP contribution >= 0.6 is 23.1 Å². The molecular weight excluding hydrogens is 340 g/mol. The standard InChI is InChI=1S/C15H11F2N3OS2/c1-8-4-5-10-11(7-8)22-15(19-10)20-12(21)9-3-2-6-18-13(9)23-14(16)17/h2-7,14H,1H3,(H,19,20,21). The molecule has 0 aliphatic rings. The average Bonchev–Trinajstić information content (AvgIpc) is 2.88. The Bertz CT molecular complexity index is 867. The third kappa shape index (κ3) is 3.65. The number of rotatable bonds is 4. The highest BCUT2D eigenvalue weighted by atomic mass is 32.2. The molecule has 3 rings (SSSR count). The van der Waals surface area contributed by atoms with Crippen LogP contribution in [-0.4, -0.2) is 21.6 Å². The van der Waals surface area contributed by atoms with Crippen molar-refractivity contribution in [1.29, 1.82) is 0 Å². The van der Waals surface area contributed by atoms with Gasteiger partial charge in [0.05, 0.1) is 15.8 Å². The minimum atomic E-state index is -2.64. The van der Waals surface area contributed by atoms with E-state index in [4.69, 9.17) is 0 Å². The van der Waals surface area contributed by atoms with E-state index in [0.29, 0.717) is 5.13 Å². The zero-order chi connectivity index (χ0) is 16.4. The number of aromatic nitrogens is 2. The summed E-state index contributed by atoms with van der Waals surface area (Å²) >= 11 is 1.58. The summed E-state index contributed by atoms with van der Waals surface area (Å²) in [6.45, 7) is 1.97. The monoisotopic (exact) mass is 351 g/mol. The van der Waals surface area contributed by atoms with Crippen LogP contribution in [0.25, 0.3) is 10.2 Å². The van der Waals surface area contributed by atoms with Gasteiger partial charge in [-0.1, -0.05) is 17.4 Å². The summed E-state index contributed by atoms with van der Waals surface area (Å²) in [7, 11) is 0. The maximum Gasteiger partial charge on any atom is 0.290 e. The zero-order valence-corrected chi connectivity index (χ0v) is 13.5. The Kier molecular flexibility index (Phi) is 4.53. The summed E-state index contributed by atoms with van der Waals surface area (Å²) in [5.74, 6) is -3.14. The van der Waals surface area contributed by atoms with Crippen molar-refractivity contribution < 1.29 is 13.6 Å². The number of thiazole rings is 1. The summed E-state index contributed by atoms with van der Waals surface area (Å²) in [5.41, 5.74) is 1.99. The van der Waals surface area contributed by atoms with Gasteiger partial charge < -0.3 is 0 Å². The van der Waals surface area contributed by atoms with E-state index in [9.17, 15) is 13.6 Å². The number of hydrogen-bond acceptors (Lipinski definition) is 5. The number of carbonyl (C=O) groups is 1. The van der Waals surface area contributed by atoms with E-state index in [1.54, 1.807) is 0 Å². The molecule has 2 heterocycles. The van der Waals surface area contributed by atoms with Gasteiger partial charge in [-0.2, -0.15) is 8.78 Å². The number of hydrogen-bond donors (Lipinski definition) is 1. The third-order valence-electron chi connectivity index (χ3n) is 2.98. The van der Waals surface area contributed by atoms with E-state index >= 15 is 0 Å². The van der Waals surface area contributed by atoms with Crippen molar-refractivity contribution >= 4 is 44.4 Å². The van der Waals surface area contributed by atoms with Gasteiger partial charge in [0.2, 0.25) is 0 Å². The highest BCUT2D eigenvalue weighted by Crippen LogP contribution is 2.29. The number of fused-ring (bicyclic) bond motifs is 1. The van der Waals surface area contributed by atoms with Crippen LogP contribution in [0.2, 0.25) is 0 Å². The number of anilines is 1. The Hall–Kier alpha value is -2.06. The summed E-state index contributed by atoms with van der Waals surface area (Å²) in [6, 6.07) is 8.78. The van der Waals surface area contributed by atoms with E-state index in [2.05, 4.69) is 15.3 Å². The first-order chi connectivity index (χ1) is 11.0. The molecular formula is C15H11F2N3OS2.